The summed E-state index contributed by atoms with van der Waals surface area (Å²) >= 11 is 0. The summed E-state index contributed by atoms with van der Waals surface area (Å²) in [6, 6.07) is 2.01. The van der Waals surface area contributed by atoms with Crippen LogP contribution in [0.2, 0.25) is 0 Å². The van der Waals surface area contributed by atoms with Gasteiger partial charge in [0, 0.05) is 49.4 Å². The van der Waals surface area contributed by atoms with Gasteiger partial charge in [-0.05, 0) is 6.07 Å². The molecule has 1 aromatic rings. The lowest BCUT2D eigenvalue weighted by atomic mass is 9.95. The summed E-state index contributed by atoms with van der Waals surface area (Å²) in [6.45, 7) is 7.98. The van der Waals surface area contributed by atoms with Crippen molar-refractivity contribution in [1.82, 2.24) is 20.2 Å². The highest BCUT2D eigenvalue weighted by atomic mass is 16.4. The van der Waals surface area contributed by atoms with Gasteiger partial charge in [0.15, 0.2) is 0 Å². The molecule has 0 aliphatic carbocycles. The molecule has 6 heteroatoms. The van der Waals surface area contributed by atoms with Gasteiger partial charge in [0.1, 0.15) is 5.82 Å². The molecule has 1 aliphatic rings. The van der Waals surface area contributed by atoms with Crippen molar-refractivity contribution in [2.45, 2.75) is 38.6 Å². The molecule has 20 heavy (non-hydrogen) atoms. The average molecular weight is 278 g/mol. The van der Waals surface area contributed by atoms with Gasteiger partial charge in [0.05, 0.1) is 0 Å². The zero-order valence-corrected chi connectivity index (χ0v) is 12.3. The molecule has 1 saturated heterocycles. The lowest BCUT2D eigenvalue weighted by molar-refractivity contribution is 0.128. The maximum atomic E-state index is 11.0. The van der Waals surface area contributed by atoms with Crippen LogP contribution in [0.1, 0.15) is 32.3 Å². The molecule has 0 aromatic carbocycles. The number of piperazine rings is 1. The molecule has 1 aromatic heterocycles. The van der Waals surface area contributed by atoms with E-state index < -0.39 is 6.09 Å². The Morgan fingerprint density at radius 1 is 1.55 bits per heavy atom. The van der Waals surface area contributed by atoms with Gasteiger partial charge in [-0.15, -0.1) is 0 Å². The molecule has 1 atom stereocenters. The smallest absolute Gasteiger partial charge is 0.407 e. The van der Waals surface area contributed by atoms with Crippen molar-refractivity contribution in [3.63, 3.8) is 0 Å². The summed E-state index contributed by atoms with van der Waals surface area (Å²) in [5, 5.41) is 12.4. The number of aromatic nitrogens is 2. The average Bonchev–Trinajstić information content (AvgIpc) is 2.38. The molecule has 6 nitrogen and oxygen atoms in total. The van der Waals surface area contributed by atoms with Gasteiger partial charge in [-0.25, -0.2) is 14.8 Å². The van der Waals surface area contributed by atoms with Crippen LogP contribution in [0.4, 0.5) is 4.79 Å². The molecule has 1 unspecified atom stereocenters. The number of hydrogen-bond donors (Lipinski definition) is 2. The molecular weight excluding hydrogens is 256 g/mol. The van der Waals surface area contributed by atoms with Crippen molar-refractivity contribution in [3.8, 4) is 0 Å². The van der Waals surface area contributed by atoms with Crippen LogP contribution in [-0.4, -0.2) is 51.7 Å². The fourth-order valence-corrected chi connectivity index (χ4v) is 2.26. The molecule has 0 radical (unpaired) electrons. The van der Waals surface area contributed by atoms with Crippen LogP contribution in [0.25, 0.3) is 0 Å². The molecule has 2 rings (SSSR count). The molecule has 2 heterocycles. The third-order valence-corrected chi connectivity index (χ3v) is 3.37. The van der Waals surface area contributed by atoms with E-state index in [0.29, 0.717) is 19.6 Å². The summed E-state index contributed by atoms with van der Waals surface area (Å²) < 4.78 is 0. The molecule has 1 fully saturated rings. The van der Waals surface area contributed by atoms with Crippen LogP contribution < -0.4 is 5.32 Å². The quantitative estimate of drug-likeness (QED) is 0.851. The number of carboxylic acid groups (broad SMARTS) is 1. The minimum atomic E-state index is -0.852. The van der Waals surface area contributed by atoms with E-state index in [9.17, 15) is 4.79 Å². The minimum Gasteiger partial charge on any atom is -0.465 e. The zero-order valence-electron chi connectivity index (χ0n) is 12.3. The number of hydrogen-bond acceptors (Lipinski definition) is 4. The van der Waals surface area contributed by atoms with Crippen molar-refractivity contribution >= 4 is 6.09 Å². The monoisotopic (exact) mass is 278 g/mol. The lowest BCUT2D eigenvalue weighted by Gasteiger charge is -2.31. The van der Waals surface area contributed by atoms with Gasteiger partial charge in [0.25, 0.3) is 0 Å². The highest BCUT2D eigenvalue weighted by molar-refractivity contribution is 5.65. The van der Waals surface area contributed by atoms with Gasteiger partial charge < -0.3 is 15.3 Å². The number of nitrogens with zero attached hydrogens (tertiary/aromatic N) is 3. The van der Waals surface area contributed by atoms with Gasteiger partial charge in [-0.3, -0.25) is 0 Å². The Balaban J connectivity index is 2.04. The highest BCUT2D eigenvalue weighted by Gasteiger charge is 2.24. The Kier molecular flexibility index (Phi) is 4.23. The topological polar surface area (TPSA) is 78.4 Å². The van der Waals surface area contributed by atoms with Crippen molar-refractivity contribution in [3.05, 3.63) is 23.8 Å². The Morgan fingerprint density at radius 3 is 2.95 bits per heavy atom. The van der Waals surface area contributed by atoms with Crippen LogP contribution in [0.3, 0.4) is 0 Å². The van der Waals surface area contributed by atoms with Crippen LogP contribution >= 0.6 is 0 Å². The summed E-state index contributed by atoms with van der Waals surface area (Å²) in [5.74, 6) is 0.820. The molecule has 0 spiro atoms. The zero-order chi connectivity index (χ0) is 14.8. The number of carbonyl (C=O) groups is 1. The van der Waals surface area contributed by atoms with E-state index in [1.165, 1.54) is 4.90 Å². The van der Waals surface area contributed by atoms with E-state index in [1.54, 1.807) is 6.20 Å². The minimum absolute atomic E-state index is 0.0803. The number of nitrogens with one attached hydrogen (secondary N) is 1. The fraction of sp³-hybridized carbons (Fsp3) is 0.643. The Labute approximate surface area is 119 Å². The van der Waals surface area contributed by atoms with E-state index in [1.807, 2.05) is 6.07 Å². The molecule has 1 aliphatic heterocycles. The van der Waals surface area contributed by atoms with Crippen molar-refractivity contribution in [1.29, 1.82) is 0 Å². The van der Waals surface area contributed by atoms with E-state index in [-0.39, 0.29) is 11.5 Å². The first-order valence-electron chi connectivity index (χ1n) is 6.90. The van der Waals surface area contributed by atoms with Crippen LogP contribution in [0.5, 0.6) is 0 Å². The van der Waals surface area contributed by atoms with Gasteiger partial charge in [0.2, 0.25) is 0 Å². The summed E-state index contributed by atoms with van der Waals surface area (Å²) in [7, 11) is 0. The largest absolute Gasteiger partial charge is 0.465 e. The van der Waals surface area contributed by atoms with Crippen LogP contribution in [-0.2, 0) is 11.8 Å². The number of rotatable bonds is 2. The first kappa shape index (κ1) is 14.7. The molecule has 2 N–H and O–H groups in total. The Bertz CT molecular complexity index is 484. The predicted octanol–water partition coefficient (Wildman–Crippen LogP) is 1.27. The van der Waals surface area contributed by atoms with Crippen molar-refractivity contribution < 1.29 is 9.90 Å². The Morgan fingerprint density at radius 2 is 2.30 bits per heavy atom. The van der Waals surface area contributed by atoms with Gasteiger partial charge >= 0.3 is 6.09 Å². The lowest BCUT2D eigenvalue weighted by Crippen LogP contribution is -2.53. The second kappa shape index (κ2) is 5.75. The predicted molar refractivity (Wildman–Crippen MR) is 75.8 cm³/mol. The molecule has 1 amide bonds. The van der Waals surface area contributed by atoms with Gasteiger partial charge in [-0.2, -0.15) is 0 Å². The second-order valence-corrected chi connectivity index (χ2v) is 6.21. The fourth-order valence-electron chi connectivity index (χ4n) is 2.26. The van der Waals surface area contributed by atoms with E-state index >= 15 is 0 Å². The highest BCUT2D eigenvalue weighted by Crippen LogP contribution is 2.18. The SMILES string of the molecule is CC(C)(C)c1nccc(CC2CN(C(=O)O)CCN2)n1. The van der Waals surface area contributed by atoms with E-state index in [2.05, 4.69) is 36.1 Å². The maximum Gasteiger partial charge on any atom is 0.407 e. The molecule has 0 saturated carbocycles. The van der Waals surface area contributed by atoms with E-state index in [4.69, 9.17) is 5.11 Å². The first-order valence-corrected chi connectivity index (χ1v) is 6.90. The first-order chi connectivity index (χ1) is 9.36. The molecule has 110 valence electrons. The molecule has 0 bridgehead atoms. The molecular formula is C14H22N4O2. The maximum absolute atomic E-state index is 11.0. The number of amides is 1. The normalized spacial score (nSPS) is 19.9. The van der Waals surface area contributed by atoms with Crippen LogP contribution in [0, 0.1) is 0 Å². The third kappa shape index (κ3) is 3.66. The summed E-state index contributed by atoms with van der Waals surface area (Å²) in [4.78, 5) is 21.4. The van der Waals surface area contributed by atoms with E-state index in [0.717, 1.165) is 17.9 Å². The Hall–Kier alpha value is -1.69. The summed E-state index contributed by atoms with van der Waals surface area (Å²) in [6.07, 6.45) is 1.64. The third-order valence-electron chi connectivity index (χ3n) is 3.37. The van der Waals surface area contributed by atoms with Crippen molar-refractivity contribution in [2.24, 2.45) is 0 Å². The van der Waals surface area contributed by atoms with Crippen LogP contribution in [0.15, 0.2) is 12.3 Å². The van der Waals surface area contributed by atoms with Gasteiger partial charge in [-0.1, -0.05) is 20.8 Å². The second-order valence-electron chi connectivity index (χ2n) is 6.21. The summed E-state index contributed by atoms with van der Waals surface area (Å²) in [5.41, 5.74) is 0.873. The standard InChI is InChI=1S/C14H22N4O2/c1-14(2,3)12-16-5-4-10(17-12)8-11-9-18(13(19)20)7-6-15-11/h4-5,11,15H,6-9H2,1-3H3,(H,19,20). The van der Waals surface area contributed by atoms with Crippen molar-refractivity contribution in [2.75, 3.05) is 19.6 Å².